The summed E-state index contributed by atoms with van der Waals surface area (Å²) in [4.78, 5) is 0. The summed E-state index contributed by atoms with van der Waals surface area (Å²) in [5.74, 6) is 0.442. The highest BCUT2D eigenvalue weighted by atomic mass is 31.1. The van der Waals surface area contributed by atoms with Crippen molar-refractivity contribution in [2.45, 2.75) is 19.1 Å². The van der Waals surface area contributed by atoms with Crippen molar-refractivity contribution in [1.29, 1.82) is 0 Å². The summed E-state index contributed by atoms with van der Waals surface area (Å²) >= 11 is 0. The summed E-state index contributed by atoms with van der Waals surface area (Å²) in [6.07, 6.45) is 2.33. The monoisotopic (exact) mass is 455 g/mol. The molecular formula is C29H31NP2. The maximum Gasteiger partial charge on any atom is 0.0354 e. The molecule has 1 N–H and O–H groups in total. The Labute approximate surface area is 195 Å². The fraction of sp³-hybridized carbons (Fsp3) is 0.172. The van der Waals surface area contributed by atoms with E-state index in [1.54, 1.807) is 0 Å². The van der Waals surface area contributed by atoms with Gasteiger partial charge in [0, 0.05) is 5.78 Å². The Balaban J connectivity index is 1.65. The predicted octanol–water partition coefficient (Wildman–Crippen LogP) is 5.58. The van der Waals surface area contributed by atoms with E-state index < -0.39 is 7.92 Å². The van der Waals surface area contributed by atoms with Gasteiger partial charge in [-0.25, -0.2) is 0 Å². The molecule has 0 radical (unpaired) electrons. The second-order valence-electron chi connectivity index (χ2n) is 7.73. The highest BCUT2D eigenvalue weighted by molar-refractivity contribution is 7.74. The summed E-state index contributed by atoms with van der Waals surface area (Å²) in [5.41, 5.74) is 0. The van der Waals surface area contributed by atoms with E-state index in [1.165, 1.54) is 27.4 Å². The molecule has 4 rings (SSSR count). The van der Waals surface area contributed by atoms with Crippen LogP contribution in [0.15, 0.2) is 121 Å². The van der Waals surface area contributed by atoms with Gasteiger partial charge >= 0.3 is 0 Å². The van der Waals surface area contributed by atoms with Gasteiger partial charge < -0.3 is 5.32 Å². The number of benzene rings is 4. The minimum Gasteiger partial charge on any atom is -0.310 e. The van der Waals surface area contributed by atoms with Gasteiger partial charge in [0.05, 0.1) is 0 Å². The highest BCUT2D eigenvalue weighted by Crippen LogP contribution is 2.43. The van der Waals surface area contributed by atoms with Gasteiger partial charge in [0.1, 0.15) is 0 Å². The van der Waals surface area contributed by atoms with Crippen molar-refractivity contribution in [3.63, 3.8) is 0 Å². The van der Waals surface area contributed by atoms with Crippen LogP contribution in [-0.4, -0.2) is 18.5 Å². The maximum absolute atomic E-state index is 3.88. The second-order valence-corrected chi connectivity index (χ2v) is 12.5. The molecule has 0 aliphatic carbocycles. The van der Waals surface area contributed by atoms with Gasteiger partial charge in [0.15, 0.2) is 0 Å². The molecule has 4 aromatic carbocycles. The highest BCUT2D eigenvalue weighted by Gasteiger charge is 2.25. The second kappa shape index (κ2) is 12.1. The quantitative estimate of drug-likeness (QED) is 0.308. The maximum atomic E-state index is 3.88. The lowest BCUT2D eigenvalue weighted by atomic mass is 10.4. The van der Waals surface area contributed by atoms with E-state index >= 15 is 0 Å². The van der Waals surface area contributed by atoms with E-state index in [1.807, 2.05) is 0 Å². The molecule has 3 heteroatoms. The van der Waals surface area contributed by atoms with E-state index in [9.17, 15) is 0 Å². The summed E-state index contributed by atoms with van der Waals surface area (Å²) in [7, 11) is -0.876. The molecule has 0 saturated carbocycles. The first-order chi connectivity index (χ1) is 15.9. The lowest BCUT2D eigenvalue weighted by Crippen LogP contribution is -2.35. The zero-order chi connectivity index (χ0) is 22.0. The molecule has 0 aliphatic rings. The number of rotatable bonds is 10. The first-order valence-corrected chi connectivity index (χ1v) is 14.3. The molecule has 0 aliphatic heterocycles. The van der Waals surface area contributed by atoms with E-state index in [0.29, 0.717) is 5.78 Å². The fourth-order valence-corrected chi connectivity index (χ4v) is 9.47. The van der Waals surface area contributed by atoms with Crippen LogP contribution in [0.25, 0.3) is 0 Å². The number of hydrogen-bond donors (Lipinski definition) is 1. The molecule has 4 aromatic rings. The molecule has 32 heavy (non-hydrogen) atoms. The Kier molecular flexibility index (Phi) is 8.63. The van der Waals surface area contributed by atoms with Crippen LogP contribution in [0, 0.1) is 0 Å². The van der Waals surface area contributed by atoms with Gasteiger partial charge in [0.2, 0.25) is 0 Å². The van der Waals surface area contributed by atoms with Crippen LogP contribution in [0.1, 0.15) is 13.3 Å². The normalized spacial score (nSPS) is 12.2. The Morgan fingerprint density at radius 3 is 1.31 bits per heavy atom. The zero-order valence-corrected chi connectivity index (χ0v) is 20.4. The lowest BCUT2D eigenvalue weighted by Gasteiger charge is -2.31. The molecule has 0 spiro atoms. The third-order valence-electron chi connectivity index (χ3n) is 5.58. The Morgan fingerprint density at radius 2 is 0.938 bits per heavy atom. The van der Waals surface area contributed by atoms with Crippen LogP contribution in [0.2, 0.25) is 0 Å². The Hall–Kier alpha value is -2.30. The molecule has 0 bridgehead atoms. The summed E-state index contributed by atoms with van der Waals surface area (Å²) < 4.78 is 0. The van der Waals surface area contributed by atoms with Crippen molar-refractivity contribution in [2.24, 2.45) is 0 Å². The van der Waals surface area contributed by atoms with Crippen LogP contribution in [0.3, 0.4) is 0 Å². The van der Waals surface area contributed by atoms with E-state index in [4.69, 9.17) is 0 Å². The minimum absolute atomic E-state index is 0.386. The molecule has 1 unspecified atom stereocenters. The largest absolute Gasteiger partial charge is 0.310 e. The molecule has 0 amide bonds. The molecule has 162 valence electrons. The van der Waals surface area contributed by atoms with Gasteiger partial charge in [-0.2, -0.15) is 0 Å². The van der Waals surface area contributed by atoms with Gasteiger partial charge in [-0.15, -0.1) is 0 Å². The van der Waals surface area contributed by atoms with Crippen LogP contribution in [0.5, 0.6) is 0 Å². The molecule has 0 fully saturated rings. The predicted molar refractivity (Wildman–Crippen MR) is 145 cm³/mol. The van der Waals surface area contributed by atoms with E-state index in [0.717, 1.165) is 13.0 Å². The van der Waals surface area contributed by atoms with Gasteiger partial charge in [0.25, 0.3) is 0 Å². The topological polar surface area (TPSA) is 12.0 Å². The fourth-order valence-electron chi connectivity index (χ4n) is 4.12. The zero-order valence-electron chi connectivity index (χ0n) is 18.6. The van der Waals surface area contributed by atoms with E-state index in [-0.39, 0.29) is 7.92 Å². The van der Waals surface area contributed by atoms with Crippen molar-refractivity contribution in [1.82, 2.24) is 5.32 Å². The molecule has 0 saturated heterocycles. The minimum atomic E-state index is -0.489. The Bertz CT molecular complexity index is 961. The molecule has 0 heterocycles. The van der Waals surface area contributed by atoms with Crippen molar-refractivity contribution >= 4 is 37.1 Å². The Morgan fingerprint density at radius 1 is 0.562 bits per heavy atom. The first-order valence-electron chi connectivity index (χ1n) is 11.4. The SMILES string of the molecule is CCNC(CCP(c1ccccc1)c1ccccc1)P(c1ccccc1)c1ccccc1. The van der Waals surface area contributed by atoms with Crippen molar-refractivity contribution in [3.05, 3.63) is 121 Å². The average Bonchev–Trinajstić information content (AvgIpc) is 2.87. The molecule has 1 atom stereocenters. The van der Waals surface area contributed by atoms with Crippen LogP contribution < -0.4 is 26.5 Å². The number of hydrogen-bond acceptors (Lipinski definition) is 1. The summed E-state index contributed by atoms with van der Waals surface area (Å²) in [5, 5.41) is 9.70. The van der Waals surface area contributed by atoms with Gasteiger partial charge in [-0.05, 0) is 56.2 Å². The molecule has 1 nitrogen and oxygen atoms in total. The standard InChI is InChI=1S/C29H31NP2/c1-2-30-29(32(27-19-11-5-12-20-27)28-21-13-6-14-22-28)23-24-31(25-15-7-3-8-16-25)26-17-9-4-10-18-26/h3-22,29-30H,2,23-24H2,1H3. The average molecular weight is 456 g/mol. The summed E-state index contributed by atoms with van der Waals surface area (Å²) in [6.45, 7) is 3.21. The van der Waals surface area contributed by atoms with Crippen molar-refractivity contribution < 1.29 is 0 Å². The lowest BCUT2D eigenvalue weighted by molar-refractivity contribution is 0.656. The summed E-state index contributed by atoms with van der Waals surface area (Å²) in [6, 6.07) is 44.3. The molecular weight excluding hydrogens is 424 g/mol. The van der Waals surface area contributed by atoms with Gasteiger partial charge in [-0.3, -0.25) is 0 Å². The third kappa shape index (κ3) is 5.93. The first kappa shape index (κ1) is 22.9. The van der Waals surface area contributed by atoms with E-state index in [2.05, 4.69) is 134 Å². The van der Waals surface area contributed by atoms with Crippen LogP contribution >= 0.6 is 15.8 Å². The number of nitrogens with one attached hydrogen (secondary N) is 1. The van der Waals surface area contributed by atoms with Crippen molar-refractivity contribution in [2.75, 3.05) is 12.7 Å². The molecule has 0 aromatic heterocycles. The smallest absolute Gasteiger partial charge is 0.0354 e. The third-order valence-corrected chi connectivity index (χ3v) is 10.9. The van der Waals surface area contributed by atoms with Gasteiger partial charge in [-0.1, -0.05) is 128 Å². The van der Waals surface area contributed by atoms with Crippen molar-refractivity contribution in [3.8, 4) is 0 Å². The van der Waals surface area contributed by atoms with Crippen LogP contribution in [-0.2, 0) is 0 Å². The van der Waals surface area contributed by atoms with Crippen LogP contribution in [0.4, 0.5) is 0 Å².